The van der Waals surface area contributed by atoms with Crippen molar-refractivity contribution in [2.24, 2.45) is 10.9 Å². The van der Waals surface area contributed by atoms with E-state index in [1.165, 1.54) is 0 Å². The van der Waals surface area contributed by atoms with Crippen LogP contribution in [-0.2, 0) is 11.3 Å². The second kappa shape index (κ2) is 11.6. The van der Waals surface area contributed by atoms with Gasteiger partial charge in [0, 0.05) is 37.2 Å². The third-order valence-electron chi connectivity index (χ3n) is 5.58. The Hall–Kier alpha value is -3.02. The topological polar surface area (TPSA) is 66.0 Å². The largest absolute Gasteiger partial charge is 0.457 e. The minimum absolute atomic E-state index is 0.0560. The normalized spacial score (nSPS) is 15.0. The molecule has 6 heteroatoms. The second-order valence-corrected chi connectivity index (χ2v) is 8.62. The van der Waals surface area contributed by atoms with Crippen molar-refractivity contribution in [1.82, 2.24) is 15.5 Å². The molecular formula is C26H36N4O2. The van der Waals surface area contributed by atoms with E-state index < -0.39 is 0 Å². The molecule has 0 radical (unpaired) electrons. The molecule has 1 heterocycles. The zero-order valence-corrected chi connectivity index (χ0v) is 19.7. The van der Waals surface area contributed by atoms with Gasteiger partial charge in [-0.3, -0.25) is 4.79 Å². The standard InChI is InChI=1S/C26H36N4O2/c1-5-27-26(29-22-13-15-30(16-14-22)25(31)19(2)3)28-18-21-10-6-7-12-24(21)32-23-11-8-9-20(4)17-23/h6-12,17,19,22H,5,13-16,18H2,1-4H3,(H2,27,28,29). The molecule has 0 aliphatic carbocycles. The molecule has 1 aliphatic rings. The number of hydrogen-bond donors (Lipinski definition) is 2. The van der Waals surface area contributed by atoms with Gasteiger partial charge >= 0.3 is 0 Å². The van der Waals surface area contributed by atoms with Gasteiger partial charge in [-0.15, -0.1) is 0 Å². The van der Waals surface area contributed by atoms with Crippen LogP contribution in [0.15, 0.2) is 53.5 Å². The lowest BCUT2D eigenvalue weighted by atomic mass is 10.0. The van der Waals surface area contributed by atoms with Gasteiger partial charge in [-0.05, 0) is 50.5 Å². The van der Waals surface area contributed by atoms with Crippen LogP contribution in [0, 0.1) is 12.8 Å². The molecule has 0 spiro atoms. The highest BCUT2D eigenvalue weighted by atomic mass is 16.5. The molecule has 1 fully saturated rings. The molecular weight excluding hydrogens is 400 g/mol. The monoisotopic (exact) mass is 436 g/mol. The summed E-state index contributed by atoms with van der Waals surface area (Å²) in [6.07, 6.45) is 1.85. The number of ether oxygens (including phenoxy) is 1. The summed E-state index contributed by atoms with van der Waals surface area (Å²) >= 11 is 0. The molecule has 1 amide bonds. The molecule has 32 heavy (non-hydrogen) atoms. The first-order chi connectivity index (χ1) is 15.5. The van der Waals surface area contributed by atoms with E-state index >= 15 is 0 Å². The summed E-state index contributed by atoms with van der Waals surface area (Å²) in [7, 11) is 0. The molecule has 2 aromatic carbocycles. The lowest BCUT2D eigenvalue weighted by molar-refractivity contribution is -0.135. The Morgan fingerprint density at radius 3 is 2.59 bits per heavy atom. The molecule has 0 bridgehead atoms. The van der Waals surface area contributed by atoms with Gasteiger partial charge < -0.3 is 20.3 Å². The van der Waals surface area contributed by atoms with Gasteiger partial charge in [-0.25, -0.2) is 4.99 Å². The second-order valence-electron chi connectivity index (χ2n) is 8.62. The molecule has 0 atom stereocenters. The Balaban J connectivity index is 1.63. The van der Waals surface area contributed by atoms with Crippen LogP contribution in [0.25, 0.3) is 0 Å². The summed E-state index contributed by atoms with van der Waals surface area (Å²) in [5.74, 6) is 2.74. The number of piperidine rings is 1. The number of benzene rings is 2. The van der Waals surface area contributed by atoms with Gasteiger partial charge in [0.05, 0.1) is 6.54 Å². The minimum Gasteiger partial charge on any atom is -0.457 e. The number of nitrogens with one attached hydrogen (secondary N) is 2. The van der Waals surface area contributed by atoms with E-state index in [-0.39, 0.29) is 11.8 Å². The number of aryl methyl sites for hydroxylation is 1. The molecule has 1 saturated heterocycles. The van der Waals surface area contributed by atoms with Crippen LogP contribution in [0.4, 0.5) is 0 Å². The summed E-state index contributed by atoms with van der Waals surface area (Å²) in [4.78, 5) is 19.0. The van der Waals surface area contributed by atoms with Gasteiger partial charge in [0.25, 0.3) is 0 Å². The van der Waals surface area contributed by atoms with E-state index in [9.17, 15) is 4.79 Å². The Morgan fingerprint density at radius 1 is 1.16 bits per heavy atom. The Kier molecular flexibility index (Phi) is 8.54. The van der Waals surface area contributed by atoms with E-state index in [1.54, 1.807) is 0 Å². The van der Waals surface area contributed by atoms with E-state index in [0.717, 1.165) is 61.1 Å². The zero-order valence-electron chi connectivity index (χ0n) is 19.7. The maximum Gasteiger partial charge on any atom is 0.225 e. The highest BCUT2D eigenvalue weighted by molar-refractivity contribution is 5.80. The fourth-order valence-corrected chi connectivity index (χ4v) is 3.83. The summed E-state index contributed by atoms with van der Waals surface area (Å²) in [5.41, 5.74) is 2.20. The maximum atomic E-state index is 12.2. The van der Waals surface area contributed by atoms with Gasteiger partial charge in [0.2, 0.25) is 5.91 Å². The molecule has 0 saturated carbocycles. The number of carbonyl (C=O) groups is 1. The van der Waals surface area contributed by atoms with E-state index in [1.807, 2.05) is 61.2 Å². The molecule has 0 unspecified atom stereocenters. The molecule has 2 N–H and O–H groups in total. The number of nitrogens with zero attached hydrogens (tertiary/aromatic N) is 2. The van der Waals surface area contributed by atoms with Crippen LogP contribution >= 0.6 is 0 Å². The van der Waals surface area contributed by atoms with Gasteiger partial charge in [0.1, 0.15) is 11.5 Å². The summed E-state index contributed by atoms with van der Waals surface area (Å²) in [5, 5.41) is 6.90. The van der Waals surface area contributed by atoms with Crippen molar-refractivity contribution in [1.29, 1.82) is 0 Å². The van der Waals surface area contributed by atoms with Crippen molar-refractivity contribution in [3.63, 3.8) is 0 Å². The third-order valence-corrected chi connectivity index (χ3v) is 5.58. The van der Waals surface area contributed by atoms with E-state index in [4.69, 9.17) is 9.73 Å². The third kappa shape index (κ3) is 6.74. The highest BCUT2D eigenvalue weighted by Gasteiger charge is 2.24. The zero-order chi connectivity index (χ0) is 22.9. The first-order valence-electron chi connectivity index (χ1n) is 11.6. The summed E-state index contributed by atoms with van der Waals surface area (Å²) in [6.45, 7) is 10.9. The summed E-state index contributed by atoms with van der Waals surface area (Å²) < 4.78 is 6.14. The molecule has 2 aromatic rings. The van der Waals surface area contributed by atoms with Crippen molar-refractivity contribution in [2.45, 2.75) is 53.1 Å². The quantitative estimate of drug-likeness (QED) is 0.496. The smallest absolute Gasteiger partial charge is 0.225 e. The lowest BCUT2D eigenvalue weighted by Crippen LogP contribution is -2.50. The molecule has 172 valence electrons. The van der Waals surface area contributed by atoms with Crippen molar-refractivity contribution < 1.29 is 9.53 Å². The Labute approximate surface area is 192 Å². The van der Waals surface area contributed by atoms with Crippen LogP contribution in [0.3, 0.4) is 0 Å². The number of rotatable bonds is 7. The fraction of sp³-hybridized carbons (Fsp3) is 0.462. The van der Waals surface area contributed by atoms with Crippen LogP contribution in [0.5, 0.6) is 11.5 Å². The van der Waals surface area contributed by atoms with Crippen LogP contribution in [0.1, 0.15) is 44.7 Å². The van der Waals surface area contributed by atoms with Crippen LogP contribution in [0.2, 0.25) is 0 Å². The number of amides is 1. The van der Waals surface area contributed by atoms with Gasteiger partial charge in [-0.1, -0.05) is 44.2 Å². The SMILES string of the molecule is CCNC(=NCc1ccccc1Oc1cccc(C)c1)NC1CCN(C(=O)C(C)C)CC1. The van der Waals surface area contributed by atoms with Gasteiger partial charge in [-0.2, -0.15) is 0 Å². The Morgan fingerprint density at radius 2 is 1.91 bits per heavy atom. The average Bonchev–Trinajstić information content (AvgIpc) is 2.78. The number of para-hydroxylation sites is 1. The van der Waals surface area contributed by atoms with Crippen LogP contribution in [-0.4, -0.2) is 42.4 Å². The molecule has 6 nitrogen and oxygen atoms in total. The van der Waals surface area contributed by atoms with Crippen molar-refractivity contribution in [3.05, 3.63) is 59.7 Å². The predicted octanol–water partition coefficient (Wildman–Crippen LogP) is 4.49. The number of aliphatic imine (C=N–C) groups is 1. The molecule has 1 aliphatic heterocycles. The number of carbonyl (C=O) groups excluding carboxylic acids is 1. The lowest BCUT2D eigenvalue weighted by Gasteiger charge is -2.34. The summed E-state index contributed by atoms with van der Waals surface area (Å²) in [6, 6.07) is 16.4. The first kappa shape index (κ1) is 23.6. The van der Waals surface area contributed by atoms with Crippen molar-refractivity contribution >= 4 is 11.9 Å². The molecule has 0 aromatic heterocycles. The highest BCUT2D eigenvalue weighted by Crippen LogP contribution is 2.26. The maximum absolute atomic E-state index is 12.2. The van der Waals surface area contributed by atoms with Crippen molar-refractivity contribution in [3.8, 4) is 11.5 Å². The van der Waals surface area contributed by atoms with E-state index in [0.29, 0.717) is 12.6 Å². The van der Waals surface area contributed by atoms with E-state index in [2.05, 4.69) is 30.5 Å². The van der Waals surface area contributed by atoms with Gasteiger partial charge in [0.15, 0.2) is 5.96 Å². The number of guanidine groups is 1. The Bertz CT molecular complexity index is 918. The predicted molar refractivity (Wildman–Crippen MR) is 130 cm³/mol. The fourth-order valence-electron chi connectivity index (χ4n) is 3.83. The minimum atomic E-state index is 0.0560. The molecule has 3 rings (SSSR count). The van der Waals surface area contributed by atoms with Crippen LogP contribution < -0.4 is 15.4 Å². The number of likely N-dealkylation sites (tertiary alicyclic amines) is 1. The number of hydrogen-bond acceptors (Lipinski definition) is 3. The first-order valence-corrected chi connectivity index (χ1v) is 11.6. The van der Waals surface area contributed by atoms with Crippen molar-refractivity contribution in [2.75, 3.05) is 19.6 Å². The average molecular weight is 437 g/mol.